The zero-order valence-electron chi connectivity index (χ0n) is 17.6. The Labute approximate surface area is 178 Å². The van der Waals surface area contributed by atoms with E-state index in [2.05, 4.69) is 6.92 Å². The van der Waals surface area contributed by atoms with Gasteiger partial charge in [-0.05, 0) is 53.9 Å². The van der Waals surface area contributed by atoms with Crippen LogP contribution >= 0.6 is 0 Å². The van der Waals surface area contributed by atoms with Gasteiger partial charge in [0.05, 0.1) is 18.4 Å². The fraction of sp³-hybridized carbons (Fsp3) is 0.346. The summed E-state index contributed by atoms with van der Waals surface area (Å²) in [6, 6.07) is 19.0. The number of hydrogen-bond acceptors (Lipinski definition) is 4. The van der Waals surface area contributed by atoms with Crippen molar-refractivity contribution in [1.29, 1.82) is 0 Å². The van der Waals surface area contributed by atoms with Crippen LogP contribution in [0.25, 0.3) is 11.1 Å². The Bertz CT molecular complexity index is 864. The van der Waals surface area contributed by atoms with Gasteiger partial charge < -0.3 is 13.9 Å². The van der Waals surface area contributed by atoms with Crippen LogP contribution in [-0.2, 0) is 11.3 Å². The van der Waals surface area contributed by atoms with Gasteiger partial charge in [-0.1, -0.05) is 63.3 Å². The van der Waals surface area contributed by atoms with Gasteiger partial charge in [0.25, 0.3) is 0 Å². The average Bonchev–Trinajstić information content (AvgIpc) is 3.31. The number of carbonyl (C=O) groups excluding carboxylic acids is 1. The van der Waals surface area contributed by atoms with Crippen LogP contribution in [0, 0.1) is 0 Å². The number of rotatable bonds is 12. The predicted molar refractivity (Wildman–Crippen MR) is 119 cm³/mol. The summed E-state index contributed by atoms with van der Waals surface area (Å²) in [6.45, 7) is 3.13. The number of benzene rings is 2. The van der Waals surface area contributed by atoms with Crippen LogP contribution in [0.1, 0.15) is 61.6 Å². The summed E-state index contributed by atoms with van der Waals surface area (Å²) in [4.78, 5) is 12.2. The molecule has 0 aliphatic heterocycles. The van der Waals surface area contributed by atoms with E-state index >= 15 is 0 Å². The molecule has 30 heavy (non-hydrogen) atoms. The molecule has 0 N–H and O–H groups in total. The lowest BCUT2D eigenvalue weighted by Crippen LogP contribution is -2.04. The summed E-state index contributed by atoms with van der Waals surface area (Å²) in [6.07, 6.45) is 9.12. The van der Waals surface area contributed by atoms with Crippen molar-refractivity contribution in [3.63, 3.8) is 0 Å². The van der Waals surface area contributed by atoms with Gasteiger partial charge in [-0.2, -0.15) is 0 Å². The monoisotopic (exact) mass is 406 g/mol. The molecule has 0 saturated carbocycles. The van der Waals surface area contributed by atoms with E-state index in [4.69, 9.17) is 13.9 Å². The zero-order chi connectivity index (χ0) is 21.0. The van der Waals surface area contributed by atoms with Crippen molar-refractivity contribution in [3.05, 3.63) is 78.3 Å². The van der Waals surface area contributed by atoms with Crippen molar-refractivity contribution in [2.45, 2.75) is 52.1 Å². The van der Waals surface area contributed by atoms with Crippen molar-refractivity contribution >= 4 is 5.97 Å². The zero-order valence-corrected chi connectivity index (χ0v) is 17.6. The molecule has 0 amide bonds. The highest BCUT2D eigenvalue weighted by Crippen LogP contribution is 2.23. The van der Waals surface area contributed by atoms with Crippen LogP contribution in [0.4, 0.5) is 0 Å². The highest BCUT2D eigenvalue weighted by atomic mass is 16.5. The van der Waals surface area contributed by atoms with Crippen LogP contribution in [0.2, 0.25) is 0 Å². The summed E-state index contributed by atoms with van der Waals surface area (Å²) >= 11 is 0. The molecule has 0 bridgehead atoms. The maximum atomic E-state index is 12.2. The van der Waals surface area contributed by atoms with Crippen LogP contribution < -0.4 is 4.74 Å². The minimum Gasteiger partial charge on any atom is -0.494 e. The van der Waals surface area contributed by atoms with Gasteiger partial charge in [-0.25, -0.2) is 4.79 Å². The second kappa shape index (κ2) is 11.9. The van der Waals surface area contributed by atoms with Gasteiger partial charge in [0.1, 0.15) is 18.1 Å². The van der Waals surface area contributed by atoms with Crippen LogP contribution in [0.15, 0.2) is 71.3 Å². The standard InChI is InChI=1S/C26H30O4/c1-2-3-4-5-6-7-18-28-24-16-14-22(15-17-24)21-10-12-23(13-11-21)26(27)30-20-25-9-8-19-29-25/h8-17,19H,2-7,18,20H2,1H3. The summed E-state index contributed by atoms with van der Waals surface area (Å²) in [7, 11) is 0. The number of carbonyl (C=O) groups is 1. The van der Waals surface area contributed by atoms with Crippen molar-refractivity contribution in [2.75, 3.05) is 6.61 Å². The van der Waals surface area contributed by atoms with E-state index in [0.717, 1.165) is 29.9 Å². The van der Waals surface area contributed by atoms with Crippen LogP contribution in [-0.4, -0.2) is 12.6 Å². The fourth-order valence-corrected chi connectivity index (χ4v) is 3.23. The lowest BCUT2D eigenvalue weighted by atomic mass is 10.0. The third-order valence-electron chi connectivity index (χ3n) is 5.00. The highest BCUT2D eigenvalue weighted by molar-refractivity contribution is 5.90. The van der Waals surface area contributed by atoms with E-state index in [9.17, 15) is 4.79 Å². The first-order valence-corrected chi connectivity index (χ1v) is 10.8. The number of unbranched alkanes of at least 4 members (excludes halogenated alkanes) is 5. The van der Waals surface area contributed by atoms with Gasteiger partial charge in [-0.15, -0.1) is 0 Å². The Morgan fingerprint density at radius 2 is 1.50 bits per heavy atom. The van der Waals surface area contributed by atoms with Gasteiger partial charge in [0.15, 0.2) is 0 Å². The molecular formula is C26H30O4. The third-order valence-corrected chi connectivity index (χ3v) is 5.00. The molecular weight excluding hydrogens is 376 g/mol. The molecule has 0 atom stereocenters. The first-order chi connectivity index (χ1) is 14.8. The molecule has 3 rings (SSSR count). The molecule has 0 spiro atoms. The first-order valence-electron chi connectivity index (χ1n) is 10.8. The van der Waals surface area contributed by atoms with Crippen molar-refractivity contribution in [2.24, 2.45) is 0 Å². The lowest BCUT2D eigenvalue weighted by molar-refractivity contribution is 0.0445. The largest absolute Gasteiger partial charge is 0.494 e. The Morgan fingerprint density at radius 3 is 2.17 bits per heavy atom. The Morgan fingerprint density at radius 1 is 0.833 bits per heavy atom. The summed E-state index contributed by atoms with van der Waals surface area (Å²) in [5.74, 6) is 1.15. The average molecular weight is 407 g/mol. The smallest absolute Gasteiger partial charge is 0.338 e. The maximum Gasteiger partial charge on any atom is 0.338 e. The minimum atomic E-state index is -0.364. The molecule has 3 aromatic rings. The van der Waals surface area contributed by atoms with Crippen LogP contribution in [0.5, 0.6) is 5.75 Å². The maximum absolute atomic E-state index is 12.2. The van der Waals surface area contributed by atoms with E-state index in [1.54, 1.807) is 30.5 Å². The van der Waals surface area contributed by atoms with E-state index in [-0.39, 0.29) is 12.6 Å². The molecule has 0 saturated heterocycles. The summed E-state index contributed by atoms with van der Waals surface area (Å²) in [5, 5.41) is 0. The predicted octanol–water partition coefficient (Wildman–Crippen LogP) is 7.04. The Kier molecular flexibility index (Phi) is 8.58. The molecule has 0 radical (unpaired) electrons. The van der Waals surface area contributed by atoms with Crippen LogP contribution in [0.3, 0.4) is 0 Å². The van der Waals surface area contributed by atoms with Crippen molar-refractivity contribution < 1.29 is 18.7 Å². The molecule has 2 aromatic carbocycles. The van der Waals surface area contributed by atoms with Gasteiger partial charge in [0, 0.05) is 0 Å². The molecule has 0 aliphatic carbocycles. The molecule has 1 heterocycles. The molecule has 0 aliphatic rings. The highest BCUT2D eigenvalue weighted by Gasteiger charge is 2.09. The van der Waals surface area contributed by atoms with Gasteiger partial charge in [-0.3, -0.25) is 0 Å². The molecule has 4 heteroatoms. The van der Waals surface area contributed by atoms with Gasteiger partial charge >= 0.3 is 5.97 Å². The number of ether oxygens (including phenoxy) is 2. The number of furan rings is 1. The van der Waals surface area contributed by atoms with E-state index in [1.165, 1.54) is 32.1 Å². The number of esters is 1. The van der Waals surface area contributed by atoms with Crippen molar-refractivity contribution in [1.82, 2.24) is 0 Å². The molecule has 158 valence electrons. The van der Waals surface area contributed by atoms with E-state index in [1.807, 2.05) is 36.4 Å². The quantitative estimate of drug-likeness (QED) is 0.239. The van der Waals surface area contributed by atoms with E-state index in [0.29, 0.717) is 11.3 Å². The second-order valence-electron chi connectivity index (χ2n) is 7.37. The van der Waals surface area contributed by atoms with Gasteiger partial charge in [0.2, 0.25) is 0 Å². The topological polar surface area (TPSA) is 48.7 Å². The lowest BCUT2D eigenvalue weighted by Gasteiger charge is -2.08. The minimum absolute atomic E-state index is 0.133. The van der Waals surface area contributed by atoms with Crippen molar-refractivity contribution in [3.8, 4) is 16.9 Å². The van der Waals surface area contributed by atoms with E-state index < -0.39 is 0 Å². The number of hydrogen-bond donors (Lipinski definition) is 0. The Balaban J connectivity index is 1.44. The normalized spacial score (nSPS) is 10.7. The molecule has 4 nitrogen and oxygen atoms in total. The molecule has 0 unspecified atom stereocenters. The summed E-state index contributed by atoms with van der Waals surface area (Å²) in [5.41, 5.74) is 2.64. The molecule has 0 fully saturated rings. The third kappa shape index (κ3) is 6.80. The second-order valence-corrected chi connectivity index (χ2v) is 7.37. The fourth-order valence-electron chi connectivity index (χ4n) is 3.23. The SMILES string of the molecule is CCCCCCCCOc1ccc(-c2ccc(C(=O)OCc3ccco3)cc2)cc1. The Hall–Kier alpha value is -3.01. The first kappa shape index (κ1) is 21.7. The summed E-state index contributed by atoms with van der Waals surface area (Å²) < 4.78 is 16.3. The molecule has 1 aromatic heterocycles.